The summed E-state index contributed by atoms with van der Waals surface area (Å²) < 4.78 is 5.83. The first-order valence-electron chi connectivity index (χ1n) is 5.13. The number of nitrogens with zero attached hydrogens (tertiary/aromatic N) is 1. The van der Waals surface area contributed by atoms with Crippen molar-refractivity contribution in [3.05, 3.63) is 28.2 Å². The summed E-state index contributed by atoms with van der Waals surface area (Å²) in [4.78, 5) is 0. The fourth-order valence-corrected chi connectivity index (χ4v) is 1.85. The number of nitriles is 1. The summed E-state index contributed by atoms with van der Waals surface area (Å²) in [6.45, 7) is 2.78. The van der Waals surface area contributed by atoms with Gasteiger partial charge in [-0.25, -0.2) is 0 Å². The van der Waals surface area contributed by atoms with Gasteiger partial charge in [0.1, 0.15) is 6.07 Å². The van der Waals surface area contributed by atoms with Crippen LogP contribution in [-0.2, 0) is 4.74 Å². The van der Waals surface area contributed by atoms with Gasteiger partial charge >= 0.3 is 0 Å². The molecule has 4 heteroatoms. The normalized spacial score (nSPS) is 11.9. The highest BCUT2D eigenvalue weighted by Crippen LogP contribution is 2.24. The minimum absolute atomic E-state index is 0.279. The molecule has 3 nitrogen and oxygen atoms in total. The molecule has 0 spiro atoms. The Balaban J connectivity index is 2.74. The Morgan fingerprint density at radius 1 is 1.56 bits per heavy atom. The number of halogens is 1. The average molecular weight is 283 g/mol. The van der Waals surface area contributed by atoms with Gasteiger partial charge in [-0.2, -0.15) is 5.26 Å². The Morgan fingerprint density at radius 2 is 2.31 bits per heavy atom. The van der Waals surface area contributed by atoms with E-state index < -0.39 is 0 Å². The molecule has 1 unspecified atom stereocenters. The molecule has 1 aromatic carbocycles. The third-order valence-corrected chi connectivity index (χ3v) is 2.94. The highest BCUT2D eigenvalue weighted by atomic mass is 79.9. The van der Waals surface area contributed by atoms with Crippen molar-refractivity contribution in [1.29, 1.82) is 5.26 Å². The molecule has 1 rings (SSSR count). The van der Waals surface area contributed by atoms with E-state index in [-0.39, 0.29) is 6.04 Å². The SMILES string of the molecule is COCCC(C)Nc1cccc(Br)c1C#N. The van der Waals surface area contributed by atoms with Gasteiger partial charge in [-0.15, -0.1) is 0 Å². The molecule has 0 aromatic heterocycles. The Bertz CT molecular complexity index is 387. The topological polar surface area (TPSA) is 45.0 Å². The van der Waals surface area contributed by atoms with Crippen LogP contribution in [0.25, 0.3) is 0 Å². The number of hydrogen-bond donors (Lipinski definition) is 1. The first kappa shape index (κ1) is 13.0. The molecule has 86 valence electrons. The van der Waals surface area contributed by atoms with Crippen molar-refractivity contribution in [3.8, 4) is 6.07 Å². The Kier molecular flexibility index (Phi) is 5.30. The number of benzene rings is 1. The fraction of sp³-hybridized carbons (Fsp3) is 0.417. The molecule has 0 fully saturated rings. The standard InChI is InChI=1S/C12H15BrN2O/c1-9(6-7-16-2)15-12-5-3-4-11(13)10(12)8-14/h3-5,9,15H,6-7H2,1-2H3. The van der Waals surface area contributed by atoms with Crippen LogP contribution < -0.4 is 5.32 Å². The van der Waals surface area contributed by atoms with Crippen molar-refractivity contribution >= 4 is 21.6 Å². The lowest BCUT2D eigenvalue weighted by Crippen LogP contribution is -2.17. The summed E-state index contributed by atoms with van der Waals surface area (Å²) in [6.07, 6.45) is 0.911. The van der Waals surface area contributed by atoms with Gasteiger partial charge in [0.2, 0.25) is 0 Å². The monoisotopic (exact) mass is 282 g/mol. The van der Waals surface area contributed by atoms with Gasteiger partial charge in [-0.3, -0.25) is 0 Å². The van der Waals surface area contributed by atoms with Gasteiger partial charge in [0.15, 0.2) is 0 Å². The van der Waals surface area contributed by atoms with Crippen molar-refractivity contribution in [2.75, 3.05) is 19.0 Å². The summed E-state index contributed by atoms with van der Waals surface area (Å²) in [6, 6.07) is 8.15. The van der Waals surface area contributed by atoms with E-state index in [0.717, 1.165) is 16.6 Å². The van der Waals surface area contributed by atoms with Gasteiger partial charge in [0.25, 0.3) is 0 Å². The van der Waals surface area contributed by atoms with Crippen LogP contribution in [0.15, 0.2) is 22.7 Å². The lowest BCUT2D eigenvalue weighted by Gasteiger charge is -2.16. The van der Waals surface area contributed by atoms with Crippen LogP contribution in [0, 0.1) is 11.3 Å². The molecule has 0 aliphatic rings. The number of hydrogen-bond acceptors (Lipinski definition) is 3. The molecule has 0 aliphatic carbocycles. The largest absolute Gasteiger partial charge is 0.385 e. The zero-order valence-corrected chi connectivity index (χ0v) is 11.0. The quantitative estimate of drug-likeness (QED) is 0.902. The molecule has 1 atom stereocenters. The first-order chi connectivity index (χ1) is 7.69. The summed E-state index contributed by atoms with van der Waals surface area (Å²) >= 11 is 3.36. The van der Waals surface area contributed by atoms with Crippen molar-refractivity contribution < 1.29 is 4.74 Å². The number of rotatable bonds is 5. The highest BCUT2D eigenvalue weighted by Gasteiger charge is 2.08. The number of nitrogens with one attached hydrogen (secondary N) is 1. The van der Waals surface area contributed by atoms with E-state index in [1.807, 2.05) is 18.2 Å². The van der Waals surface area contributed by atoms with E-state index in [1.54, 1.807) is 7.11 Å². The van der Waals surface area contributed by atoms with E-state index in [1.165, 1.54) is 0 Å². The lowest BCUT2D eigenvalue weighted by molar-refractivity contribution is 0.191. The molecular weight excluding hydrogens is 268 g/mol. The minimum atomic E-state index is 0.279. The van der Waals surface area contributed by atoms with Gasteiger partial charge < -0.3 is 10.1 Å². The molecule has 0 saturated carbocycles. The third-order valence-electron chi connectivity index (χ3n) is 2.28. The third kappa shape index (κ3) is 3.51. The summed E-state index contributed by atoms with van der Waals surface area (Å²) in [5.41, 5.74) is 1.51. The van der Waals surface area contributed by atoms with E-state index in [9.17, 15) is 0 Å². The molecule has 1 aromatic rings. The lowest BCUT2D eigenvalue weighted by atomic mass is 10.1. The smallest absolute Gasteiger partial charge is 0.103 e. The van der Waals surface area contributed by atoms with Crippen LogP contribution in [0.1, 0.15) is 18.9 Å². The molecule has 0 heterocycles. The second-order valence-corrected chi connectivity index (χ2v) is 4.46. The number of methoxy groups -OCH3 is 1. The molecule has 0 aliphatic heterocycles. The van der Waals surface area contributed by atoms with Gasteiger partial charge in [-0.05, 0) is 41.4 Å². The van der Waals surface area contributed by atoms with Gasteiger partial charge in [0.05, 0.1) is 11.3 Å². The zero-order valence-electron chi connectivity index (χ0n) is 9.46. The Hall–Kier alpha value is -1.05. The molecule has 0 bridgehead atoms. The second kappa shape index (κ2) is 6.51. The van der Waals surface area contributed by atoms with Crippen LogP contribution in [0.2, 0.25) is 0 Å². The molecule has 16 heavy (non-hydrogen) atoms. The van der Waals surface area contributed by atoms with E-state index in [0.29, 0.717) is 12.2 Å². The maximum Gasteiger partial charge on any atom is 0.103 e. The molecular formula is C12H15BrN2O. The maximum absolute atomic E-state index is 9.04. The van der Waals surface area contributed by atoms with Crippen LogP contribution in [0.5, 0.6) is 0 Å². The van der Waals surface area contributed by atoms with E-state index in [4.69, 9.17) is 10.00 Å². The summed E-state index contributed by atoms with van der Waals surface area (Å²) in [7, 11) is 1.69. The van der Waals surface area contributed by atoms with Crippen molar-refractivity contribution in [2.24, 2.45) is 0 Å². The van der Waals surface area contributed by atoms with E-state index in [2.05, 4.69) is 34.2 Å². The predicted octanol–water partition coefficient (Wildman–Crippen LogP) is 3.16. The summed E-state index contributed by atoms with van der Waals surface area (Å²) in [5, 5.41) is 12.3. The van der Waals surface area contributed by atoms with Gasteiger partial charge in [0, 0.05) is 24.2 Å². The number of anilines is 1. The molecule has 1 N–H and O–H groups in total. The fourth-order valence-electron chi connectivity index (χ4n) is 1.39. The zero-order chi connectivity index (χ0) is 12.0. The van der Waals surface area contributed by atoms with Crippen LogP contribution in [0.3, 0.4) is 0 Å². The first-order valence-corrected chi connectivity index (χ1v) is 5.92. The second-order valence-electron chi connectivity index (χ2n) is 3.60. The van der Waals surface area contributed by atoms with Crippen LogP contribution in [-0.4, -0.2) is 19.8 Å². The van der Waals surface area contributed by atoms with E-state index >= 15 is 0 Å². The average Bonchev–Trinajstić information content (AvgIpc) is 2.27. The minimum Gasteiger partial charge on any atom is -0.385 e. The number of ether oxygens (including phenoxy) is 1. The maximum atomic E-state index is 9.04. The molecule has 0 amide bonds. The van der Waals surface area contributed by atoms with Crippen molar-refractivity contribution in [2.45, 2.75) is 19.4 Å². The summed E-state index contributed by atoms with van der Waals surface area (Å²) in [5.74, 6) is 0. The van der Waals surface area contributed by atoms with Crippen LogP contribution >= 0.6 is 15.9 Å². The Morgan fingerprint density at radius 3 is 2.94 bits per heavy atom. The molecule has 0 radical (unpaired) electrons. The van der Waals surface area contributed by atoms with Crippen LogP contribution in [0.4, 0.5) is 5.69 Å². The Labute approximate surface area is 105 Å². The highest BCUT2D eigenvalue weighted by molar-refractivity contribution is 9.10. The predicted molar refractivity (Wildman–Crippen MR) is 68.4 cm³/mol. The van der Waals surface area contributed by atoms with Gasteiger partial charge in [-0.1, -0.05) is 6.07 Å². The molecule has 0 saturated heterocycles. The van der Waals surface area contributed by atoms with Crippen molar-refractivity contribution in [1.82, 2.24) is 0 Å². The van der Waals surface area contributed by atoms with Crippen molar-refractivity contribution in [3.63, 3.8) is 0 Å².